The van der Waals surface area contributed by atoms with E-state index in [9.17, 15) is 15.0 Å². The van der Waals surface area contributed by atoms with Gasteiger partial charge in [0.1, 0.15) is 6.10 Å². The second-order valence-electron chi connectivity index (χ2n) is 6.22. The zero-order chi connectivity index (χ0) is 18.1. The van der Waals surface area contributed by atoms with Gasteiger partial charge in [-0.2, -0.15) is 0 Å². The van der Waals surface area contributed by atoms with Crippen LogP contribution in [0.2, 0.25) is 0 Å². The number of hydrogen-bond donors (Lipinski definition) is 1. The summed E-state index contributed by atoms with van der Waals surface area (Å²) in [6.45, 7) is 5.54. The molecule has 3 rings (SSSR count). The van der Waals surface area contributed by atoms with E-state index >= 15 is 0 Å². The van der Waals surface area contributed by atoms with Crippen LogP contribution in [0.5, 0.6) is 0 Å². The van der Waals surface area contributed by atoms with Gasteiger partial charge in [-0.1, -0.05) is 6.07 Å². The van der Waals surface area contributed by atoms with Gasteiger partial charge in [-0.3, -0.25) is 0 Å². The molecule has 0 aliphatic rings. The zero-order valence-corrected chi connectivity index (χ0v) is 17.4. The van der Waals surface area contributed by atoms with Crippen molar-refractivity contribution in [2.45, 2.75) is 26.9 Å². The Morgan fingerprint density at radius 2 is 1.77 bits per heavy atom. The van der Waals surface area contributed by atoms with E-state index in [-0.39, 0.29) is 35.1 Å². The van der Waals surface area contributed by atoms with E-state index in [1.807, 2.05) is 35.9 Å². The predicted molar refractivity (Wildman–Crippen MR) is 92.6 cm³/mol. The summed E-state index contributed by atoms with van der Waals surface area (Å²) >= 11 is 0. The smallest absolute Gasteiger partial charge is 0.545 e. The third-order valence-electron chi connectivity index (χ3n) is 4.46. The molecule has 0 fully saturated rings. The van der Waals surface area contributed by atoms with E-state index in [1.165, 1.54) is 12.1 Å². The molecule has 2 aromatic carbocycles. The summed E-state index contributed by atoms with van der Waals surface area (Å²) < 4.78 is 1.87. The largest absolute Gasteiger partial charge is 1.00 e. The summed E-state index contributed by atoms with van der Waals surface area (Å²) in [5.41, 5.74) is 4.92. The third-order valence-corrected chi connectivity index (χ3v) is 4.46. The van der Waals surface area contributed by atoms with Crippen molar-refractivity contribution in [2.75, 3.05) is 0 Å². The summed E-state index contributed by atoms with van der Waals surface area (Å²) in [4.78, 5) is 15.2. The number of carbonyl (C=O) groups excluding carboxylic acids is 1. The molecule has 0 aliphatic carbocycles. The first-order valence-electron chi connectivity index (χ1n) is 7.98. The average molecular weight is 358 g/mol. The number of carbonyl (C=O) groups is 1. The van der Waals surface area contributed by atoms with Gasteiger partial charge in [0.25, 0.3) is 0 Å². The molecular formula is C20H19N2NaO3. The number of aromatic nitrogens is 2. The van der Waals surface area contributed by atoms with E-state index in [4.69, 9.17) is 0 Å². The van der Waals surface area contributed by atoms with Gasteiger partial charge in [0, 0.05) is 18.1 Å². The summed E-state index contributed by atoms with van der Waals surface area (Å²) in [5, 5.41) is 22.1. The van der Waals surface area contributed by atoms with Crippen molar-refractivity contribution in [1.82, 2.24) is 9.55 Å². The molecule has 1 N–H and O–H groups in total. The number of hydrogen-bond acceptors (Lipinski definition) is 4. The Morgan fingerprint density at radius 3 is 2.31 bits per heavy atom. The molecule has 1 atom stereocenters. The number of nitrogens with zero attached hydrogens (tertiary/aromatic N) is 2. The van der Waals surface area contributed by atoms with Gasteiger partial charge in [-0.25, -0.2) is 4.98 Å². The molecule has 3 aromatic rings. The summed E-state index contributed by atoms with van der Waals surface area (Å²) in [7, 11) is 0. The van der Waals surface area contributed by atoms with Gasteiger partial charge in [-0.15, -0.1) is 0 Å². The van der Waals surface area contributed by atoms with Gasteiger partial charge in [0.05, 0.1) is 12.3 Å². The Morgan fingerprint density at radius 1 is 1.12 bits per heavy atom. The van der Waals surface area contributed by atoms with Crippen molar-refractivity contribution >= 4 is 5.97 Å². The van der Waals surface area contributed by atoms with E-state index in [0.29, 0.717) is 0 Å². The monoisotopic (exact) mass is 358 g/mol. The minimum Gasteiger partial charge on any atom is -0.545 e. The molecule has 0 radical (unpaired) electrons. The fraction of sp³-hybridized carbons (Fsp3) is 0.200. The maximum atomic E-state index is 11.1. The molecule has 0 spiro atoms. The van der Waals surface area contributed by atoms with Crippen molar-refractivity contribution in [2.24, 2.45) is 0 Å². The van der Waals surface area contributed by atoms with Crippen LogP contribution in [0.15, 0.2) is 49.1 Å². The van der Waals surface area contributed by atoms with Crippen LogP contribution in [-0.4, -0.2) is 20.6 Å². The molecule has 1 aromatic heterocycles. The van der Waals surface area contributed by atoms with Crippen LogP contribution < -0.4 is 34.7 Å². The molecule has 128 valence electrons. The number of carboxylic acids is 1. The van der Waals surface area contributed by atoms with Crippen molar-refractivity contribution in [1.29, 1.82) is 0 Å². The quantitative estimate of drug-likeness (QED) is 0.623. The van der Waals surface area contributed by atoms with Crippen molar-refractivity contribution in [3.8, 4) is 5.69 Å². The van der Waals surface area contributed by atoms with Gasteiger partial charge in [-0.05, 0) is 78.4 Å². The van der Waals surface area contributed by atoms with Crippen LogP contribution in [0.25, 0.3) is 5.69 Å². The zero-order valence-electron chi connectivity index (χ0n) is 15.4. The standard InChI is InChI=1S/C20H20N2O3.Na/c1-12-4-5-16(22-7-6-21-11-22)10-17(12)19(23)18-13(2)8-15(20(24)25)9-14(18)3;/h4-11,19,23H,1-3H3,(H,24,25);/q;+1/p-1/t19-;/m1./s1. The number of benzene rings is 2. The predicted octanol–water partition coefficient (Wildman–Crippen LogP) is -0.753. The van der Waals surface area contributed by atoms with Crippen LogP contribution in [-0.2, 0) is 0 Å². The number of aromatic carboxylic acids is 1. The molecule has 0 aliphatic heterocycles. The fourth-order valence-electron chi connectivity index (χ4n) is 3.17. The summed E-state index contributed by atoms with van der Waals surface area (Å²) in [6, 6.07) is 8.92. The second kappa shape index (κ2) is 8.18. The minimum absolute atomic E-state index is 0. The van der Waals surface area contributed by atoms with Gasteiger partial charge in [0.15, 0.2) is 0 Å². The maximum absolute atomic E-state index is 11.1. The van der Waals surface area contributed by atoms with Gasteiger partial charge >= 0.3 is 29.6 Å². The minimum atomic E-state index is -1.22. The van der Waals surface area contributed by atoms with Gasteiger partial charge in [0.2, 0.25) is 0 Å². The SMILES string of the molecule is Cc1ccc(-n2ccnc2)cc1[C@@H](O)c1c(C)cc(C(=O)[O-])cc1C.[Na+]. The first-order valence-corrected chi connectivity index (χ1v) is 7.98. The average Bonchev–Trinajstić information content (AvgIpc) is 3.08. The van der Waals surface area contributed by atoms with E-state index in [2.05, 4.69) is 4.98 Å². The number of imidazole rings is 1. The Kier molecular flexibility index (Phi) is 6.42. The molecule has 5 nitrogen and oxygen atoms in total. The number of carboxylic acid groups (broad SMARTS) is 1. The van der Waals surface area contributed by atoms with Crippen molar-refractivity contribution in [3.05, 3.63) is 82.4 Å². The molecular weight excluding hydrogens is 339 g/mol. The number of aliphatic hydroxyl groups is 1. The van der Waals surface area contributed by atoms with Crippen LogP contribution in [0, 0.1) is 20.8 Å². The van der Waals surface area contributed by atoms with Gasteiger partial charge < -0.3 is 19.6 Å². The molecule has 0 saturated heterocycles. The summed E-state index contributed by atoms with van der Waals surface area (Å²) in [6.07, 6.45) is 4.39. The molecule has 0 saturated carbocycles. The van der Waals surface area contributed by atoms with Crippen LogP contribution in [0.1, 0.15) is 44.3 Å². The number of aryl methyl sites for hydroxylation is 3. The Balaban J connectivity index is 0.00000243. The molecule has 0 amide bonds. The topological polar surface area (TPSA) is 78.2 Å². The fourth-order valence-corrected chi connectivity index (χ4v) is 3.17. The van der Waals surface area contributed by atoms with Crippen LogP contribution in [0.3, 0.4) is 0 Å². The first-order chi connectivity index (χ1) is 11.9. The molecule has 0 unspecified atom stereocenters. The Labute approximate surface area is 174 Å². The summed E-state index contributed by atoms with van der Waals surface area (Å²) in [5.74, 6) is -1.22. The number of aliphatic hydroxyl groups excluding tert-OH is 1. The normalized spacial score (nSPS) is 11.7. The maximum Gasteiger partial charge on any atom is 1.00 e. The van der Waals surface area contributed by atoms with Crippen molar-refractivity contribution in [3.63, 3.8) is 0 Å². The van der Waals surface area contributed by atoms with E-state index in [0.717, 1.165) is 33.5 Å². The molecule has 6 heteroatoms. The van der Waals surface area contributed by atoms with E-state index < -0.39 is 12.1 Å². The van der Waals surface area contributed by atoms with E-state index in [1.54, 1.807) is 26.4 Å². The van der Waals surface area contributed by atoms with Crippen molar-refractivity contribution < 1.29 is 44.6 Å². The van der Waals surface area contributed by atoms with Crippen LogP contribution >= 0.6 is 0 Å². The Bertz CT molecular complexity index is 913. The van der Waals surface area contributed by atoms with Crippen LogP contribution in [0.4, 0.5) is 0 Å². The molecule has 0 bridgehead atoms. The Hall–Kier alpha value is -1.92. The molecule has 26 heavy (non-hydrogen) atoms. The first kappa shape index (κ1) is 20.4. The third kappa shape index (κ3) is 3.91. The molecule has 1 heterocycles. The number of rotatable bonds is 4. The second-order valence-corrected chi connectivity index (χ2v) is 6.22.